The highest BCUT2D eigenvalue weighted by Crippen LogP contribution is 2.44. The molecule has 0 bridgehead atoms. The summed E-state index contributed by atoms with van der Waals surface area (Å²) in [5.74, 6) is 10.6. The molecule has 6 N–H and O–H groups in total. The molecule has 0 aromatic carbocycles. The number of aromatic nitrogens is 4. The van der Waals surface area contributed by atoms with Gasteiger partial charge in [-0.1, -0.05) is 17.5 Å². The number of nitrogen functional groups attached to an aromatic ring is 2. The first-order valence-electron chi connectivity index (χ1n) is 7.37. The molecule has 0 amide bonds. The van der Waals surface area contributed by atoms with Gasteiger partial charge in [-0.25, -0.2) is 4.98 Å². The Morgan fingerprint density at radius 1 is 1.56 bits per heavy atom. The highest BCUT2D eigenvalue weighted by atomic mass is 35.5. The summed E-state index contributed by atoms with van der Waals surface area (Å²) in [5, 5.41) is 20.4. The van der Waals surface area contributed by atoms with E-state index >= 15 is 0 Å². The number of hydrogen-bond acceptors (Lipinski definition) is 8. The highest BCUT2D eigenvalue weighted by Gasteiger charge is 2.57. The predicted octanol–water partition coefficient (Wildman–Crippen LogP) is -1.47. The van der Waals surface area contributed by atoms with Crippen LogP contribution in [-0.4, -0.2) is 52.6 Å². The Labute approximate surface area is 146 Å². The molecule has 1 unspecified atom stereocenters. The molecular formula is C14H17ClN6O4. The maximum absolute atomic E-state index is 12.2. The van der Waals surface area contributed by atoms with Gasteiger partial charge in [-0.3, -0.25) is 9.36 Å². The van der Waals surface area contributed by atoms with Crippen LogP contribution in [0.2, 0.25) is 0 Å². The molecular weight excluding hydrogens is 352 g/mol. The summed E-state index contributed by atoms with van der Waals surface area (Å²) in [4.78, 5) is 18.6. The fourth-order valence-electron chi connectivity index (χ4n) is 2.85. The molecule has 1 aliphatic rings. The van der Waals surface area contributed by atoms with Crippen LogP contribution in [-0.2, 0) is 4.74 Å². The van der Waals surface area contributed by atoms with Crippen molar-refractivity contribution in [3.63, 3.8) is 0 Å². The first-order valence-corrected chi connectivity index (χ1v) is 7.74. The van der Waals surface area contributed by atoms with E-state index in [9.17, 15) is 15.0 Å². The van der Waals surface area contributed by atoms with Crippen LogP contribution in [0.4, 0.5) is 5.95 Å². The van der Waals surface area contributed by atoms with Crippen molar-refractivity contribution in [1.82, 2.24) is 19.2 Å². The maximum atomic E-state index is 12.2. The Balaban J connectivity index is 2.22. The van der Waals surface area contributed by atoms with Crippen molar-refractivity contribution in [3.05, 3.63) is 16.7 Å². The van der Waals surface area contributed by atoms with Crippen molar-refractivity contribution in [1.29, 1.82) is 0 Å². The molecule has 3 rings (SSSR count). The zero-order chi connectivity index (χ0) is 18.5. The predicted molar refractivity (Wildman–Crippen MR) is 90.0 cm³/mol. The van der Waals surface area contributed by atoms with E-state index in [2.05, 4.69) is 21.8 Å². The van der Waals surface area contributed by atoms with E-state index in [0.717, 1.165) is 0 Å². The minimum Gasteiger partial charge on any atom is -0.391 e. The van der Waals surface area contributed by atoms with Crippen LogP contribution < -0.4 is 17.1 Å². The van der Waals surface area contributed by atoms with Gasteiger partial charge in [-0.15, -0.1) is 5.92 Å². The molecule has 25 heavy (non-hydrogen) atoms. The number of nitrogens with two attached hydrogens (primary N) is 2. The Morgan fingerprint density at radius 3 is 2.84 bits per heavy atom. The number of fused-ring (bicyclic) bond motifs is 1. The molecule has 2 aromatic rings. The smallest absolute Gasteiger partial charge is 0.301 e. The monoisotopic (exact) mass is 368 g/mol. The number of nitrogens with zero attached hydrogens (tertiary/aromatic N) is 4. The minimum absolute atomic E-state index is 0.0428. The summed E-state index contributed by atoms with van der Waals surface area (Å²) in [6, 6.07) is 0. The van der Waals surface area contributed by atoms with Gasteiger partial charge in [-0.05, 0) is 13.8 Å². The zero-order valence-electron chi connectivity index (χ0n) is 13.4. The molecule has 134 valence electrons. The number of rotatable bonds is 2. The van der Waals surface area contributed by atoms with Crippen LogP contribution in [0, 0.1) is 11.8 Å². The summed E-state index contributed by atoms with van der Waals surface area (Å²) >= 11 is 6.55. The Bertz CT molecular complexity index is 944. The molecule has 0 aliphatic carbocycles. The summed E-state index contributed by atoms with van der Waals surface area (Å²) in [6.45, 7) is 3.02. The van der Waals surface area contributed by atoms with Crippen molar-refractivity contribution < 1.29 is 14.9 Å². The highest BCUT2D eigenvalue weighted by molar-refractivity contribution is 6.27. The third kappa shape index (κ3) is 2.44. The molecule has 11 heteroatoms. The molecule has 0 spiro atoms. The normalized spacial score (nSPS) is 30.2. The number of hydrogen-bond donors (Lipinski definition) is 4. The minimum atomic E-state index is -1.59. The van der Waals surface area contributed by atoms with Crippen LogP contribution >= 0.6 is 11.6 Å². The van der Waals surface area contributed by atoms with E-state index in [1.165, 1.54) is 17.8 Å². The van der Waals surface area contributed by atoms with E-state index in [-0.39, 0.29) is 17.1 Å². The van der Waals surface area contributed by atoms with Crippen molar-refractivity contribution in [2.75, 3.05) is 11.6 Å². The average Bonchev–Trinajstić information content (AvgIpc) is 3.06. The van der Waals surface area contributed by atoms with Crippen LogP contribution in [0.3, 0.4) is 0 Å². The SMILES string of the molecule is CC#C[C@@]1(Cl)C(O)[C@@H]([C@H](C)O)O[C@H]1n1cnc2c(=O)n(N)c(N)nc21. The second kappa shape index (κ2) is 5.89. The maximum Gasteiger partial charge on any atom is 0.301 e. The summed E-state index contributed by atoms with van der Waals surface area (Å²) in [6.07, 6.45) is -3.09. The lowest BCUT2D eigenvalue weighted by atomic mass is 9.97. The zero-order valence-corrected chi connectivity index (χ0v) is 14.2. The molecule has 3 heterocycles. The molecule has 10 nitrogen and oxygen atoms in total. The lowest BCUT2D eigenvalue weighted by Gasteiger charge is -2.25. The van der Waals surface area contributed by atoms with Crippen molar-refractivity contribution in [2.24, 2.45) is 0 Å². The third-order valence-electron chi connectivity index (χ3n) is 4.09. The largest absolute Gasteiger partial charge is 0.391 e. The van der Waals surface area contributed by atoms with E-state index in [0.29, 0.717) is 4.68 Å². The second-order valence-corrected chi connectivity index (χ2v) is 6.38. The van der Waals surface area contributed by atoms with E-state index in [4.69, 9.17) is 27.9 Å². The van der Waals surface area contributed by atoms with Crippen LogP contribution in [0.15, 0.2) is 11.1 Å². The van der Waals surface area contributed by atoms with Gasteiger partial charge in [0, 0.05) is 0 Å². The summed E-state index contributed by atoms with van der Waals surface area (Å²) in [5.41, 5.74) is 5.03. The topological polar surface area (TPSA) is 154 Å². The molecule has 0 radical (unpaired) electrons. The molecule has 1 fully saturated rings. The number of aliphatic hydroxyl groups is 2. The molecule has 5 atom stereocenters. The number of ether oxygens (including phenoxy) is 1. The fraction of sp³-hybridized carbons (Fsp3) is 0.500. The number of alkyl halides is 1. The van der Waals surface area contributed by atoms with Crippen molar-refractivity contribution in [3.8, 4) is 11.8 Å². The standard InChI is InChI=1S/C14H17ClN6O4/c1-3-4-14(15)9(23)8(6(2)22)25-12(14)20-5-18-7-10(20)19-13(16)21(17)11(7)24/h5-6,8-9,12,22-23H,17H2,1-2H3,(H2,16,19)/t6-,8+,9?,12+,14+/m0/s1. The van der Waals surface area contributed by atoms with E-state index < -0.39 is 35.0 Å². The summed E-state index contributed by atoms with van der Waals surface area (Å²) < 4.78 is 7.75. The fourth-order valence-corrected chi connectivity index (χ4v) is 3.22. The van der Waals surface area contributed by atoms with Gasteiger partial charge in [0.1, 0.15) is 12.2 Å². The van der Waals surface area contributed by atoms with Gasteiger partial charge in [-0.2, -0.15) is 9.66 Å². The number of aliphatic hydroxyl groups excluding tert-OH is 2. The third-order valence-corrected chi connectivity index (χ3v) is 4.59. The first kappa shape index (κ1) is 17.5. The molecule has 0 saturated carbocycles. The van der Waals surface area contributed by atoms with Gasteiger partial charge in [0.05, 0.1) is 12.4 Å². The molecule has 2 aromatic heterocycles. The first-order chi connectivity index (χ1) is 11.7. The quantitative estimate of drug-likeness (QED) is 0.284. The Kier molecular flexibility index (Phi) is 4.12. The average molecular weight is 369 g/mol. The number of imidazole rings is 1. The Morgan fingerprint density at radius 2 is 2.24 bits per heavy atom. The lowest BCUT2D eigenvalue weighted by Crippen LogP contribution is -2.43. The van der Waals surface area contributed by atoms with Gasteiger partial charge < -0.3 is 26.5 Å². The van der Waals surface area contributed by atoms with Crippen molar-refractivity contribution >= 4 is 28.7 Å². The number of halogens is 1. The lowest BCUT2D eigenvalue weighted by molar-refractivity contribution is -0.0752. The summed E-state index contributed by atoms with van der Waals surface area (Å²) in [7, 11) is 0. The van der Waals surface area contributed by atoms with E-state index in [1.807, 2.05) is 0 Å². The molecule has 1 saturated heterocycles. The van der Waals surface area contributed by atoms with Gasteiger partial charge in [0.25, 0.3) is 0 Å². The van der Waals surface area contributed by atoms with Crippen LogP contribution in [0.5, 0.6) is 0 Å². The van der Waals surface area contributed by atoms with Gasteiger partial charge in [0.15, 0.2) is 22.3 Å². The number of anilines is 1. The van der Waals surface area contributed by atoms with Crippen LogP contribution in [0.1, 0.15) is 20.1 Å². The Hall–Kier alpha value is -2.32. The van der Waals surface area contributed by atoms with Crippen molar-refractivity contribution in [2.45, 2.75) is 43.3 Å². The van der Waals surface area contributed by atoms with Gasteiger partial charge in [0.2, 0.25) is 5.95 Å². The second-order valence-electron chi connectivity index (χ2n) is 5.75. The van der Waals surface area contributed by atoms with Crippen LogP contribution in [0.25, 0.3) is 11.2 Å². The van der Waals surface area contributed by atoms with Gasteiger partial charge >= 0.3 is 5.56 Å². The van der Waals surface area contributed by atoms with E-state index in [1.54, 1.807) is 6.92 Å². The molecule has 1 aliphatic heterocycles.